The molecule has 0 saturated carbocycles. The van der Waals surface area contributed by atoms with Crippen molar-refractivity contribution in [2.24, 2.45) is 4.99 Å². The fourth-order valence-corrected chi connectivity index (χ4v) is 4.16. The molecule has 6 nitrogen and oxygen atoms in total. The highest BCUT2D eigenvalue weighted by Crippen LogP contribution is 2.43. The maximum absolute atomic E-state index is 11.3. The summed E-state index contributed by atoms with van der Waals surface area (Å²) in [5.41, 5.74) is 3.26. The summed E-state index contributed by atoms with van der Waals surface area (Å²) in [6, 6.07) is 12.0. The van der Waals surface area contributed by atoms with Gasteiger partial charge in [0.2, 0.25) is 5.89 Å². The molecule has 4 rings (SSSR count). The van der Waals surface area contributed by atoms with Crippen molar-refractivity contribution in [1.82, 2.24) is 10.3 Å². The number of aromatic hydroxyl groups is 1. The molecular weight excluding hydrogens is 438 g/mol. The SMILES string of the molecule is CCc1oc(-c2cc(C(C)(C)C)cc(C(C)(C)C)c2O)nc1Oc1ccccc1CC1=NCCN1. The molecule has 2 N–H and O–H groups in total. The monoisotopic (exact) mass is 475 g/mol. The van der Waals surface area contributed by atoms with Gasteiger partial charge in [-0.05, 0) is 28.5 Å². The molecule has 0 amide bonds. The number of hydrogen-bond donors (Lipinski definition) is 2. The number of phenols is 1. The van der Waals surface area contributed by atoms with Crippen molar-refractivity contribution < 1.29 is 14.3 Å². The number of oxazole rings is 1. The predicted molar refractivity (Wildman–Crippen MR) is 141 cm³/mol. The molecule has 2 heterocycles. The van der Waals surface area contributed by atoms with Crippen molar-refractivity contribution in [2.75, 3.05) is 13.1 Å². The Kier molecular flexibility index (Phi) is 6.67. The minimum atomic E-state index is -0.241. The van der Waals surface area contributed by atoms with Crippen LogP contribution < -0.4 is 10.1 Å². The molecule has 1 aromatic heterocycles. The van der Waals surface area contributed by atoms with Crippen LogP contribution in [0, 0.1) is 0 Å². The second kappa shape index (κ2) is 9.40. The van der Waals surface area contributed by atoms with E-state index in [1.807, 2.05) is 37.3 Å². The van der Waals surface area contributed by atoms with Gasteiger partial charge in [0.15, 0.2) is 5.76 Å². The summed E-state index contributed by atoms with van der Waals surface area (Å²) in [4.78, 5) is 9.24. The third-order valence-corrected chi connectivity index (χ3v) is 6.28. The first-order chi connectivity index (χ1) is 16.5. The Hall–Kier alpha value is -3.28. The zero-order chi connectivity index (χ0) is 25.4. The standard InChI is InChI=1S/C29H37N3O3/c1-8-22-27(35-23-12-10-9-11-18(23)15-24-30-13-14-31-24)32-26(34-22)20-16-19(28(2,3)4)17-21(25(20)33)29(5,6)7/h9-12,16-17,33H,8,13-15H2,1-7H3,(H,30,31). The van der Waals surface area contributed by atoms with Crippen LogP contribution in [0.4, 0.5) is 0 Å². The Morgan fingerprint density at radius 2 is 1.80 bits per heavy atom. The summed E-state index contributed by atoms with van der Waals surface area (Å²) in [6.45, 7) is 16.5. The molecule has 0 saturated heterocycles. The third-order valence-electron chi connectivity index (χ3n) is 6.28. The number of amidine groups is 1. The largest absolute Gasteiger partial charge is 0.507 e. The summed E-state index contributed by atoms with van der Waals surface area (Å²) < 4.78 is 12.5. The molecule has 0 atom stereocenters. The maximum Gasteiger partial charge on any atom is 0.262 e. The number of rotatable bonds is 6. The number of nitrogens with zero attached hydrogens (tertiary/aromatic N) is 2. The number of nitrogens with one attached hydrogen (secondary N) is 1. The minimum Gasteiger partial charge on any atom is -0.507 e. The molecule has 35 heavy (non-hydrogen) atoms. The zero-order valence-corrected chi connectivity index (χ0v) is 22.0. The quantitative estimate of drug-likeness (QED) is 0.423. The fraction of sp³-hybridized carbons (Fsp3) is 0.448. The molecule has 0 spiro atoms. The number of benzene rings is 2. The van der Waals surface area contributed by atoms with E-state index in [4.69, 9.17) is 14.1 Å². The van der Waals surface area contributed by atoms with Gasteiger partial charge in [-0.2, -0.15) is 4.98 Å². The molecule has 0 bridgehead atoms. The lowest BCUT2D eigenvalue weighted by molar-refractivity contribution is 0.433. The second-order valence-electron chi connectivity index (χ2n) is 11.2. The van der Waals surface area contributed by atoms with Crippen LogP contribution >= 0.6 is 0 Å². The molecule has 1 aliphatic rings. The van der Waals surface area contributed by atoms with Crippen molar-refractivity contribution in [3.63, 3.8) is 0 Å². The van der Waals surface area contributed by atoms with Crippen LogP contribution in [-0.2, 0) is 23.7 Å². The summed E-state index contributed by atoms with van der Waals surface area (Å²) >= 11 is 0. The van der Waals surface area contributed by atoms with E-state index in [1.54, 1.807) is 0 Å². The van der Waals surface area contributed by atoms with E-state index in [2.05, 4.69) is 57.9 Å². The predicted octanol–water partition coefficient (Wildman–Crippen LogP) is 6.54. The highest BCUT2D eigenvalue weighted by Gasteiger charge is 2.28. The van der Waals surface area contributed by atoms with Crippen molar-refractivity contribution in [1.29, 1.82) is 0 Å². The molecular formula is C29H37N3O3. The van der Waals surface area contributed by atoms with E-state index in [0.717, 1.165) is 41.4 Å². The summed E-state index contributed by atoms with van der Waals surface area (Å²) in [6.07, 6.45) is 1.29. The lowest BCUT2D eigenvalue weighted by Gasteiger charge is -2.27. The number of hydrogen-bond acceptors (Lipinski definition) is 6. The molecule has 186 valence electrons. The molecule has 0 unspecified atom stereocenters. The van der Waals surface area contributed by atoms with E-state index < -0.39 is 0 Å². The maximum atomic E-state index is 11.3. The molecule has 0 fully saturated rings. The van der Waals surface area contributed by atoms with E-state index in [1.165, 1.54) is 0 Å². The molecule has 2 aromatic carbocycles. The van der Waals surface area contributed by atoms with Crippen LogP contribution in [0.1, 0.15) is 70.9 Å². The van der Waals surface area contributed by atoms with Crippen LogP contribution in [0.5, 0.6) is 17.4 Å². The lowest BCUT2D eigenvalue weighted by atomic mass is 9.79. The highest BCUT2D eigenvalue weighted by atomic mass is 16.5. The topological polar surface area (TPSA) is 79.9 Å². The van der Waals surface area contributed by atoms with Gasteiger partial charge in [-0.3, -0.25) is 4.99 Å². The van der Waals surface area contributed by atoms with Gasteiger partial charge in [0.1, 0.15) is 17.3 Å². The number of ether oxygens (including phenoxy) is 1. The number of aromatic nitrogens is 1. The molecule has 0 radical (unpaired) electrons. The Labute approximate surface area is 208 Å². The van der Waals surface area contributed by atoms with Gasteiger partial charge in [0, 0.05) is 30.5 Å². The van der Waals surface area contributed by atoms with Crippen LogP contribution in [-0.4, -0.2) is 29.0 Å². The fourth-order valence-electron chi connectivity index (χ4n) is 4.16. The van der Waals surface area contributed by atoms with Gasteiger partial charge in [-0.25, -0.2) is 0 Å². The van der Waals surface area contributed by atoms with Crippen molar-refractivity contribution in [3.05, 3.63) is 58.8 Å². The average molecular weight is 476 g/mol. The van der Waals surface area contributed by atoms with Crippen LogP contribution in [0.2, 0.25) is 0 Å². The number of aliphatic imine (C=N–C) groups is 1. The van der Waals surface area contributed by atoms with Gasteiger partial charge in [0.05, 0.1) is 12.1 Å². The third kappa shape index (κ3) is 5.37. The lowest BCUT2D eigenvalue weighted by Crippen LogP contribution is -2.20. The van der Waals surface area contributed by atoms with Gasteiger partial charge in [-0.15, -0.1) is 0 Å². The minimum absolute atomic E-state index is 0.0993. The second-order valence-corrected chi connectivity index (χ2v) is 11.2. The van der Waals surface area contributed by atoms with Crippen molar-refractivity contribution in [2.45, 2.75) is 72.1 Å². The Morgan fingerprint density at radius 3 is 2.43 bits per heavy atom. The van der Waals surface area contributed by atoms with E-state index in [0.29, 0.717) is 35.9 Å². The molecule has 1 aliphatic heterocycles. The van der Waals surface area contributed by atoms with E-state index in [9.17, 15) is 5.11 Å². The Bertz CT molecular complexity index is 1240. The first kappa shape index (κ1) is 24.8. The smallest absolute Gasteiger partial charge is 0.262 e. The van der Waals surface area contributed by atoms with E-state index >= 15 is 0 Å². The number of aryl methyl sites for hydroxylation is 1. The first-order valence-corrected chi connectivity index (χ1v) is 12.4. The zero-order valence-electron chi connectivity index (χ0n) is 22.0. The van der Waals surface area contributed by atoms with Gasteiger partial charge >= 0.3 is 0 Å². The van der Waals surface area contributed by atoms with Gasteiger partial charge < -0.3 is 19.6 Å². The normalized spacial score (nSPS) is 14.1. The molecule has 0 aliphatic carbocycles. The van der Waals surface area contributed by atoms with E-state index in [-0.39, 0.29) is 16.6 Å². The van der Waals surface area contributed by atoms with Crippen molar-refractivity contribution in [3.8, 4) is 28.8 Å². The van der Waals surface area contributed by atoms with Gasteiger partial charge in [-0.1, -0.05) is 72.7 Å². The van der Waals surface area contributed by atoms with Gasteiger partial charge in [0.25, 0.3) is 5.88 Å². The van der Waals surface area contributed by atoms with Crippen LogP contribution in [0.3, 0.4) is 0 Å². The highest BCUT2D eigenvalue weighted by molar-refractivity contribution is 5.86. The molecule has 6 heteroatoms. The summed E-state index contributed by atoms with van der Waals surface area (Å²) in [7, 11) is 0. The molecule has 3 aromatic rings. The average Bonchev–Trinajstić information content (AvgIpc) is 3.43. The summed E-state index contributed by atoms with van der Waals surface area (Å²) in [5, 5.41) is 14.6. The Balaban J connectivity index is 1.76. The number of para-hydroxylation sites is 1. The van der Waals surface area contributed by atoms with Crippen molar-refractivity contribution >= 4 is 5.84 Å². The van der Waals surface area contributed by atoms with Crippen LogP contribution in [0.15, 0.2) is 45.8 Å². The van der Waals surface area contributed by atoms with Crippen LogP contribution in [0.25, 0.3) is 11.5 Å². The Morgan fingerprint density at radius 1 is 1.06 bits per heavy atom. The number of phenolic OH excluding ortho intramolecular Hbond substituents is 1. The first-order valence-electron chi connectivity index (χ1n) is 12.4. The summed E-state index contributed by atoms with van der Waals surface area (Å²) in [5.74, 6) is 3.33.